The van der Waals surface area contributed by atoms with Gasteiger partial charge < -0.3 is 43.0 Å². The van der Waals surface area contributed by atoms with Crippen molar-refractivity contribution in [2.24, 2.45) is 105 Å². The average Bonchev–Trinajstić information content (AvgIpc) is 1.55. The van der Waals surface area contributed by atoms with E-state index in [1.807, 2.05) is 142 Å². The molecule has 14 bridgehead atoms. The molecule has 24 rings (SSSR count). The molecule has 792 valence electrons. The van der Waals surface area contributed by atoms with E-state index < -0.39 is 111 Å². The summed E-state index contributed by atoms with van der Waals surface area (Å²) in [6, 6.07) is 86.7. The Labute approximate surface area is 879 Å². The second-order valence-electron chi connectivity index (χ2n) is 45.5. The van der Waals surface area contributed by atoms with Crippen LogP contribution in [0, 0.1) is 105 Å². The maximum absolute atomic E-state index is 13.5. The van der Waals surface area contributed by atoms with Crippen molar-refractivity contribution >= 4 is 86.2 Å². The van der Waals surface area contributed by atoms with Gasteiger partial charge in [-0.3, -0.25) is 28.8 Å². The van der Waals surface area contributed by atoms with Gasteiger partial charge in [0, 0.05) is 43.9 Å². The first-order valence-corrected chi connectivity index (χ1v) is 56.2. The van der Waals surface area contributed by atoms with E-state index in [1.54, 1.807) is 0 Å². The van der Waals surface area contributed by atoms with Crippen LogP contribution >= 0.6 is 0 Å². The molecule has 18 nitrogen and oxygen atoms in total. The topological polar surface area (TPSA) is 248 Å². The van der Waals surface area contributed by atoms with Crippen LogP contribution in [0.1, 0.15) is 212 Å². The number of carbonyl (C=O) groups excluding carboxylic acids is 9. The summed E-state index contributed by atoms with van der Waals surface area (Å²) in [5.74, 6) is -13.6. The van der Waals surface area contributed by atoms with Crippen molar-refractivity contribution < 1.29 is 112 Å². The van der Waals surface area contributed by atoms with Crippen LogP contribution in [0.5, 0.6) is 17.2 Å². The minimum atomic E-state index is -3.65. The zero-order chi connectivity index (χ0) is 107. The van der Waals surface area contributed by atoms with Crippen LogP contribution in [0.4, 0.5) is 26.3 Å². The maximum Gasteiger partial charge on any atom is 0.377 e. The molecule has 14 aliphatic carbocycles. The SMILES string of the molecule is CC(F)(F)C(=O)OC1C2CC3C1OC(=O)C3C2C(=O)OC1(C)C2CC3CC(C2)CC1C3.CC(F)(F)C(=O)OC1C2CC3CC(C2)C(=O)C1C3.CC(F)(F)C(=O)OCC12CC3CC(CC(O)(C3)C1)C2.CCC(C)(C)C(=O)Oc1ccc([S+](c2ccccc2)c2ccccc2)cc1.CCC(C)(C)C(=O)Oc1ccc([S+](c2ccccc2)c2ccccc2)cc1.CCC(C)(C)C(=O)Oc1ccc([S+](c2ccccc2)c2ccccc2)cc1. The van der Waals surface area contributed by atoms with Gasteiger partial charge in [-0.25, -0.2) is 14.4 Å². The van der Waals surface area contributed by atoms with Gasteiger partial charge in [-0.05, 0) is 363 Å². The standard InChI is InChI=1S/3C24H25O2S.C23H28F2O6.C14H20F2O3.C13H16F2O3/c3*1-4-24(2,3)23(25)26-19-15-17-22(18-16-19)27(20-11-7-5-8-12-20)21-13-9-6-10-14-21;1-22(11-4-9-3-10(6-11)7-12(22)5-9)31-20(27)16-14-8-13-15(16)19(26)29-17(13)18(14)30-21(28)23(2,24)25;1-12(15,16)11(17)19-8-13-3-9-2-10(4-13)6-14(18,5-9)7-13;1-13(14,15)12(17)18-11-8-3-6-2-7(5-8)10(16)9(11)4-6/h3*5-18H,4H2,1-3H3;9-18H,3-8H2,1-2H3;9-10,18H,2-8H2,1H3;6-9,11H,2-5H2,1H3/q3*+1;;;. The number of hydrogen-bond donors (Lipinski definition) is 1. The first-order chi connectivity index (χ1) is 70.6. The quantitative estimate of drug-likeness (QED) is 0.0165. The summed E-state index contributed by atoms with van der Waals surface area (Å²) in [5.41, 5.74) is -2.88. The summed E-state index contributed by atoms with van der Waals surface area (Å²) in [7, 11) is -0.584. The number of alkyl halides is 6. The molecule has 0 spiro atoms. The zero-order valence-electron chi connectivity index (χ0n) is 87.1. The third-order valence-corrected chi connectivity index (χ3v) is 39.9. The van der Waals surface area contributed by atoms with Crippen LogP contribution in [0.25, 0.3) is 0 Å². The number of hydrogen-bond acceptors (Lipinski definition) is 18. The van der Waals surface area contributed by atoms with Crippen molar-refractivity contribution in [2.75, 3.05) is 6.61 Å². The maximum atomic E-state index is 13.5. The highest BCUT2D eigenvalue weighted by Gasteiger charge is 2.72. The van der Waals surface area contributed by atoms with Crippen molar-refractivity contribution in [3.8, 4) is 17.2 Å². The van der Waals surface area contributed by atoms with Crippen molar-refractivity contribution in [1.29, 1.82) is 0 Å². The number of aliphatic hydroxyl groups is 1. The first-order valence-electron chi connectivity index (χ1n) is 52.6. The summed E-state index contributed by atoms with van der Waals surface area (Å²) < 4.78 is 122. The number of Topliss-reactive ketones (excluding diaryl/α,β-unsaturated/α-hetero) is 1. The molecule has 149 heavy (non-hydrogen) atoms. The van der Waals surface area contributed by atoms with Crippen LogP contribution in [-0.4, -0.2) is 113 Å². The normalized spacial score (nSPS) is 27.6. The number of fused-ring (bicyclic) bond motifs is 1. The van der Waals surface area contributed by atoms with E-state index in [0.29, 0.717) is 93.3 Å². The Hall–Kier alpha value is -11.0. The molecule has 13 unspecified atom stereocenters. The van der Waals surface area contributed by atoms with Crippen LogP contribution in [0.2, 0.25) is 0 Å². The molecule has 1 heterocycles. The van der Waals surface area contributed by atoms with Gasteiger partial charge in [0.25, 0.3) is 0 Å². The Bertz CT molecular complexity index is 5640. The predicted octanol–water partition coefficient (Wildman–Crippen LogP) is 26.2. The lowest BCUT2D eigenvalue weighted by atomic mass is 9.48. The van der Waals surface area contributed by atoms with Gasteiger partial charge in [0.05, 0.1) is 78.9 Å². The Morgan fingerprint density at radius 1 is 0.376 bits per heavy atom. The van der Waals surface area contributed by atoms with Crippen molar-refractivity contribution in [3.63, 3.8) is 0 Å². The molecule has 0 aromatic heterocycles. The third-order valence-electron chi connectivity index (χ3n) is 33.2. The Morgan fingerprint density at radius 3 is 1.04 bits per heavy atom. The highest BCUT2D eigenvalue weighted by Crippen LogP contribution is 2.65. The van der Waals surface area contributed by atoms with Gasteiger partial charge in [-0.15, -0.1) is 0 Å². The van der Waals surface area contributed by atoms with E-state index in [2.05, 4.69) is 182 Å². The number of esters is 8. The highest BCUT2D eigenvalue weighted by molar-refractivity contribution is 7.97. The lowest BCUT2D eigenvalue weighted by Gasteiger charge is -2.59. The van der Waals surface area contributed by atoms with Gasteiger partial charge in [0.1, 0.15) is 46.9 Å². The molecular formula is C122H139F6O18S3+3. The summed E-state index contributed by atoms with van der Waals surface area (Å²) in [4.78, 5) is 120. The largest absolute Gasteiger partial charge is 0.461 e. The first kappa shape index (κ1) is 111. The molecule has 9 aromatic carbocycles. The summed E-state index contributed by atoms with van der Waals surface area (Å²) in [6.07, 6.45) is 14.3. The Balaban J connectivity index is 0.000000129. The smallest absolute Gasteiger partial charge is 0.377 e. The fourth-order valence-corrected chi connectivity index (χ4v) is 31.1. The molecule has 1 N–H and O–H groups in total. The number of carbonyl (C=O) groups is 9. The Morgan fingerprint density at radius 2 is 0.705 bits per heavy atom. The second-order valence-corrected chi connectivity index (χ2v) is 51.5. The van der Waals surface area contributed by atoms with E-state index in [1.165, 1.54) is 50.5 Å². The number of ketones is 1. The fraction of sp³-hybridized carbons (Fsp3) is 0.484. The van der Waals surface area contributed by atoms with Gasteiger partial charge in [-0.1, -0.05) is 130 Å². The second kappa shape index (κ2) is 45.5. The van der Waals surface area contributed by atoms with Gasteiger partial charge >= 0.3 is 65.5 Å². The van der Waals surface area contributed by atoms with E-state index in [9.17, 15) is 74.6 Å². The lowest BCUT2D eigenvalue weighted by Crippen LogP contribution is -2.59. The highest BCUT2D eigenvalue weighted by atomic mass is 32.2. The monoisotopic (exact) mass is 2100 g/mol. The molecule has 15 aliphatic rings. The van der Waals surface area contributed by atoms with Gasteiger partial charge in [0.2, 0.25) is 0 Å². The van der Waals surface area contributed by atoms with E-state index in [0.717, 1.165) is 102 Å². The molecule has 15 fully saturated rings. The Kier molecular flexibility index (Phi) is 33.8. The minimum Gasteiger partial charge on any atom is -0.461 e. The molecule has 13 atom stereocenters. The van der Waals surface area contributed by atoms with Crippen molar-refractivity contribution in [3.05, 3.63) is 255 Å². The van der Waals surface area contributed by atoms with Crippen LogP contribution < -0.4 is 14.2 Å². The van der Waals surface area contributed by atoms with E-state index >= 15 is 0 Å². The molecule has 27 heteroatoms. The number of rotatable bonds is 27. The van der Waals surface area contributed by atoms with Crippen LogP contribution in [0.15, 0.2) is 299 Å². The summed E-state index contributed by atoms with van der Waals surface area (Å²) >= 11 is 0. The molecule has 9 aromatic rings. The lowest BCUT2D eigenvalue weighted by molar-refractivity contribution is -0.212. The molecular weight excluding hydrogens is 1960 g/mol. The number of ether oxygens (including phenoxy) is 8. The van der Waals surface area contributed by atoms with Gasteiger partial charge in [0.15, 0.2) is 44.1 Å². The number of benzene rings is 9. The van der Waals surface area contributed by atoms with E-state index in [4.69, 9.17) is 37.9 Å². The predicted molar refractivity (Wildman–Crippen MR) is 556 cm³/mol. The molecule has 0 radical (unpaired) electrons. The number of halogens is 6. The van der Waals surface area contributed by atoms with Crippen molar-refractivity contribution in [1.82, 2.24) is 0 Å². The minimum absolute atomic E-state index is 0.0323. The van der Waals surface area contributed by atoms with Crippen LogP contribution in [0.3, 0.4) is 0 Å². The zero-order valence-corrected chi connectivity index (χ0v) is 89.5. The summed E-state index contributed by atoms with van der Waals surface area (Å²) in [5, 5.41) is 10.5. The molecule has 0 amide bonds. The van der Waals surface area contributed by atoms with E-state index in [-0.39, 0.29) is 92.1 Å². The third kappa shape index (κ3) is 25.5. The summed E-state index contributed by atoms with van der Waals surface area (Å²) in [6.45, 7) is 21.1. The molecule has 14 saturated carbocycles. The van der Waals surface area contributed by atoms with Crippen LogP contribution in [-0.2, 0) is 99.5 Å². The average molecular weight is 2100 g/mol. The fourth-order valence-electron chi connectivity index (χ4n) is 24.8. The van der Waals surface area contributed by atoms with Crippen molar-refractivity contribution in [2.45, 2.75) is 303 Å². The molecule has 1 aliphatic heterocycles. The molecule has 1 saturated heterocycles. The van der Waals surface area contributed by atoms with Gasteiger partial charge in [-0.2, -0.15) is 26.3 Å².